The summed E-state index contributed by atoms with van der Waals surface area (Å²) in [5, 5.41) is 14.5. The Morgan fingerprint density at radius 2 is 1.63 bits per heavy atom. The first-order valence-electron chi connectivity index (χ1n) is 14.0. The second-order valence-corrected chi connectivity index (χ2v) is 11.0. The van der Waals surface area contributed by atoms with Gasteiger partial charge < -0.3 is 24.8 Å². The van der Waals surface area contributed by atoms with Gasteiger partial charge in [-0.05, 0) is 66.9 Å². The van der Waals surface area contributed by atoms with Crippen molar-refractivity contribution in [1.82, 2.24) is 10.2 Å². The van der Waals surface area contributed by atoms with E-state index >= 15 is 0 Å². The van der Waals surface area contributed by atoms with Crippen LogP contribution in [0.5, 0.6) is 5.75 Å². The molecule has 0 radical (unpaired) electrons. The lowest BCUT2D eigenvalue weighted by Gasteiger charge is -2.29. The average Bonchev–Trinajstić information content (AvgIpc) is 3.51. The third kappa shape index (κ3) is 7.51. The molecule has 0 aromatic heterocycles. The number of ether oxygens (including phenoxy) is 2. The first-order valence-corrected chi connectivity index (χ1v) is 14.4. The summed E-state index contributed by atoms with van der Waals surface area (Å²) in [6.45, 7) is 3.40. The van der Waals surface area contributed by atoms with E-state index in [9.17, 15) is 19.1 Å². The molecule has 0 bridgehead atoms. The van der Waals surface area contributed by atoms with Crippen LogP contribution < -0.4 is 10.1 Å². The van der Waals surface area contributed by atoms with Crippen molar-refractivity contribution < 1.29 is 28.6 Å². The number of likely N-dealkylation sites (tertiary alicyclic amines) is 1. The van der Waals surface area contributed by atoms with Crippen molar-refractivity contribution in [1.29, 1.82) is 0 Å². The van der Waals surface area contributed by atoms with Crippen LogP contribution in [0.25, 0.3) is 11.1 Å². The van der Waals surface area contributed by atoms with Crippen molar-refractivity contribution in [3.63, 3.8) is 0 Å². The van der Waals surface area contributed by atoms with Crippen LogP contribution in [0.3, 0.4) is 0 Å². The first-order chi connectivity index (χ1) is 19.9. The van der Waals surface area contributed by atoms with E-state index in [-0.39, 0.29) is 17.5 Å². The van der Waals surface area contributed by atoms with Crippen LogP contribution in [-0.4, -0.2) is 66.7 Å². The van der Waals surface area contributed by atoms with Crippen LogP contribution in [-0.2, 0) is 9.53 Å². The normalized spacial score (nSPS) is 17.6. The zero-order chi connectivity index (χ0) is 28.8. The largest absolute Gasteiger partial charge is 0.489 e. The summed E-state index contributed by atoms with van der Waals surface area (Å²) in [4.78, 5) is 28.3. The molecule has 5 rings (SSSR count). The van der Waals surface area contributed by atoms with Crippen LogP contribution in [0.15, 0.2) is 66.7 Å². The zero-order valence-electron chi connectivity index (χ0n) is 22.7. The Morgan fingerprint density at radius 1 is 1.00 bits per heavy atom. The first kappa shape index (κ1) is 29.2. The highest BCUT2D eigenvalue weighted by Gasteiger charge is 2.30. The Labute approximate surface area is 244 Å². The number of carbonyl (C=O) groups excluding carboxylic acids is 2. The number of nitrogens with one attached hydrogen (secondary N) is 1. The van der Waals surface area contributed by atoms with Gasteiger partial charge in [0.25, 0.3) is 5.91 Å². The number of Topliss-reactive ketones (excluding diaryl/α,β-unsaturated/α-hetero) is 1. The van der Waals surface area contributed by atoms with Crippen LogP contribution >= 0.6 is 11.6 Å². The molecule has 0 saturated carbocycles. The van der Waals surface area contributed by atoms with Crippen LogP contribution in [0.4, 0.5) is 4.39 Å². The molecule has 41 heavy (non-hydrogen) atoms. The van der Waals surface area contributed by atoms with Crippen molar-refractivity contribution in [2.75, 3.05) is 32.8 Å². The van der Waals surface area contributed by atoms with Crippen molar-refractivity contribution >= 4 is 23.3 Å². The fourth-order valence-corrected chi connectivity index (χ4v) is 5.53. The minimum atomic E-state index is -1.09. The molecule has 3 aromatic rings. The molecular formula is C32H34ClFN2O5. The van der Waals surface area contributed by atoms with Gasteiger partial charge in [0.05, 0.1) is 24.3 Å². The van der Waals surface area contributed by atoms with Gasteiger partial charge in [0.2, 0.25) is 5.78 Å². The number of halogens is 2. The Bertz CT molecular complexity index is 1340. The monoisotopic (exact) mass is 580 g/mol. The number of amides is 1. The van der Waals surface area contributed by atoms with E-state index in [1.165, 1.54) is 12.1 Å². The summed E-state index contributed by atoms with van der Waals surface area (Å²) in [5.74, 6) is -1.29. The third-order valence-corrected chi connectivity index (χ3v) is 7.94. The second kappa shape index (κ2) is 13.6. The van der Waals surface area contributed by atoms with Crippen molar-refractivity contribution in [2.45, 2.75) is 43.9 Å². The number of aliphatic hydroxyl groups is 1. The van der Waals surface area contributed by atoms with Gasteiger partial charge in [-0.3, -0.25) is 9.59 Å². The molecule has 2 saturated heterocycles. The van der Waals surface area contributed by atoms with E-state index in [0.29, 0.717) is 36.1 Å². The predicted molar refractivity (Wildman–Crippen MR) is 155 cm³/mol. The summed E-state index contributed by atoms with van der Waals surface area (Å²) in [5.41, 5.74) is 2.34. The molecule has 2 atom stereocenters. The number of benzene rings is 3. The summed E-state index contributed by atoms with van der Waals surface area (Å²) < 4.78 is 24.7. The van der Waals surface area contributed by atoms with Crippen molar-refractivity contribution in [2.24, 2.45) is 0 Å². The van der Waals surface area contributed by atoms with Gasteiger partial charge in [-0.1, -0.05) is 54.1 Å². The lowest BCUT2D eigenvalue weighted by Crippen LogP contribution is -2.48. The van der Waals surface area contributed by atoms with Gasteiger partial charge in [-0.15, -0.1) is 0 Å². The molecule has 0 spiro atoms. The molecule has 0 aliphatic carbocycles. The van der Waals surface area contributed by atoms with E-state index in [4.69, 9.17) is 21.1 Å². The minimum absolute atomic E-state index is 0.0231. The highest BCUT2D eigenvalue weighted by Crippen LogP contribution is 2.31. The highest BCUT2D eigenvalue weighted by molar-refractivity contribution is 6.42. The number of nitrogens with zero attached hydrogens (tertiary/aromatic N) is 1. The molecule has 2 aliphatic rings. The SMILES string of the molecule is O=C(N[C@H](CN1CCCC1)[C@@H](O)c1ccc(OC2CCOCC2)c(Cl)c1)C(=O)c1ccc(-c2ccc(F)cc2)cc1. The Balaban J connectivity index is 1.28. The van der Waals surface area contributed by atoms with Crippen LogP contribution in [0, 0.1) is 5.82 Å². The van der Waals surface area contributed by atoms with E-state index in [1.807, 2.05) is 0 Å². The molecule has 1 amide bonds. The number of hydrogen-bond donors (Lipinski definition) is 2. The van der Waals surface area contributed by atoms with E-state index in [2.05, 4.69) is 10.2 Å². The molecule has 7 nitrogen and oxygen atoms in total. The molecule has 9 heteroatoms. The summed E-state index contributed by atoms with van der Waals surface area (Å²) >= 11 is 6.53. The number of ketones is 1. The maximum absolute atomic E-state index is 13.3. The maximum Gasteiger partial charge on any atom is 0.292 e. The average molecular weight is 581 g/mol. The minimum Gasteiger partial charge on any atom is -0.489 e. The molecule has 2 fully saturated rings. The second-order valence-electron chi connectivity index (χ2n) is 10.6. The number of aliphatic hydroxyl groups excluding tert-OH is 1. The Kier molecular flexibility index (Phi) is 9.67. The molecule has 0 unspecified atom stereocenters. The quantitative estimate of drug-likeness (QED) is 0.253. The topological polar surface area (TPSA) is 88.1 Å². The van der Waals surface area contributed by atoms with Crippen molar-refractivity contribution in [3.8, 4) is 16.9 Å². The zero-order valence-corrected chi connectivity index (χ0v) is 23.5. The van der Waals surface area contributed by atoms with E-state index in [0.717, 1.165) is 49.9 Å². The molecular weight excluding hydrogens is 547 g/mol. The standard InChI is InChI=1S/C32H34ClFN2O5/c33-27-19-24(9-12-29(27)41-26-13-17-40-18-14-26)30(37)28(20-36-15-1-2-16-36)35-32(39)31(38)23-5-3-21(4-6-23)22-7-10-25(34)11-8-22/h3-12,19,26,28,30,37H,1-2,13-18,20H2,(H,35,39)/t28-,30+/m1/s1. The lowest BCUT2D eigenvalue weighted by molar-refractivity contribution is -0.118. The summed E-state index contributed by atoms with van der Waals surface area (Å²) in [6.07, 6.45) is 2.58. The number of hydrogen-bond acceptors (Lipinski definition) is 6. The molecule has 2 aliphatic heterocycles. The van der Waals surface area contributed by atoms with Crippen LogP contribution in [0.2, 0.25) is 5.02 Å². The van der Waals surface area contributed by atoms with Gasteiger partial charge in [-0.25, -0.2) is 4.39 Å². The molecule has 216 valence electrons. The molecule has 2 N–H and O–H groups in total. The fourth-order valence-electron chi connectivity index (χ4n) is 5.29. The lowest BCUT2D eigenvalue weighted by atomic mass is 10.00. The van der Waals surface area contributed by atoms with E-state index in [1.54, 1.807) is 54.6 Å². The van der Waals surface area contributed by atoms with Gasteiger partial charge >= 0.3 is 0 Å². The van der Waals surface area contributed by atoms with Gasteiger partial charge in [-0.2, -0.15) is 0 Å². The molecule has 3 aromatic carbocycles. The third-order valence-electron chi connectivity index (χ3n) is 7.64. The molecule has 2 heterocycles. The predicted octanol–water partition coefficient (Wildman–Crippen LogP) is 5.20. The van der Waals surface area contributed by atoms with Gasteiger partial charge in [0.15, 0.2) is 0 Å². The Hall–Kier alpha value is -3.30. The highest BCUT2D eigenvalue weighted by atomic mass is 35.5. The summed E-state index contributed by atoms with van der Waals surface area (Å²) in [6, 6.07) is 17.0. The van der Waals surface area contributed by atoms with Crippen LogP contribution in [0.1, 0.15) is 47.7 Å². The van der Waals surface area contributed by atoms with E-state index < -0.39 is 23.8 Å². The fraction of sp³-hybridized carbons (Fsp3) is 0.375. The maximum atomic E-state index is 13.3. The Morgan fingerprint density at radius 3 is 2.27 bits per heavy atom. The number of carbonyl (C=O) groups is 2. The van der Waals surface area contributed by atoms with Gasteiger partial charge in [0, 0.05) is 24.9 Å². The van der Waals surface area contributed by atoms with Gasteiger partial charge in [0.1, 0.15) is 23.8 Å². The smallest absolute Gasteiger partial charge is 0.292 e. The number of rotatable bonds is 10. The summed E-state index contributed by atoms with van der Waals surface area (Å²) in [7, 11) is 0. The van der Waals surface area contributed by atoms with Crippen molar-refractivity contribution in [3.05, 3.63) is 88.7 Å².